The van der Waals surface area contributed by atoms with E-state index in [4.69, 9.17) is 9.15 Å². The van der Waals surface area contributed by atoms with Crippen LogP contribution in [0.3, 0.4) is 0 Å². The molecule has 0 amide bonds. The maximum absolute atomic E-state index is 5.68. The second-order valence-corrected chi connectivity index (χ2v) is 4.60. The number of methoxy groups -OCH3 is 1. The monoisotopic (exact) mass is 259 g/mol. The number of benzene rings is 1. The molecule has 0 saturated heterocycles. The molecular formula is C16H21NO2. The number of hydrogen-bond donors (Lipinski definition) is 1. The normalized spacial score (nSPS) is 12.4. The van der Waals surface area contributed by atoms with Gasteiger partial charge in [-0.3, -0.25) is 0 Å². The van der Waals surface area contributed by atoms with Crippen LogP contribution in [0.5, 0.6) is 5.75 Å². The van der Waals surface area contributed by atoms with E-state index in [0.717, 1.165) is 30.2 Å². The number of rotatable bonds is 6. The molecule has 0 bridgehead atoms. The fraction of sp³-hybridized carbons (Fsp3) is 0.375. The van der Waals surface area contributed by atoms with Gasteiger partial charge in [0.25, 0.3) is 0 Å². The van der Waals surface area contributed by atoms with Gasteiger partial charge >= 0.3 is 0 Å². The number of hydrogen-bond acceptors (Lipinski definition) is 3. The third-order valence-electron chi connectivity index (χ3n) is 3.24. The Morgan fingerprint density at radius 2 is 2.00 bits per heavy atom. The van der Waals surface area contributed by atoms with Crippen molar-refractivity contribution >= 4 is 0 Å². The molecular weight excluding hydrogens is 238 g/mol. The van der Waals surface area contributed by atoms with Gasteiger partial charge < -0.3 is 14.5 Å². The van der Waals surface area contributed by atoms with Crippen molar-refractivity contribution in [1.29, 1.82) is 0 Å². The quantitative estimate of drug-likeness (QED) is 0.859. The lowest BCUT2D eigenvalue weighted by molar-refractivity contribution is 0.412. The van der Waals surface area contributed by atoms with E-state index in [9.17, 15) is 0 Å². The number of aryl methyl sites for hydroxylation is 1. The fourth-order valence-corrected chi connectivity index (χ4v) is 1.99. The first-order valence-corrected chi connectivity index (χ1v) is 6.68. The van der Waals surface area contributed by atoms with Crippen molar-refractivity contribution in [2.45, 2.75) is 32.9 Å². The Balaban J connectivity index is 1.94. The minimum absolute atomic E-state index is 0.255. The van der Waals surface area contributed by atoms with Crippen molar-refractivity contribution in [3.05, 3.63) is 53.5 Å². The van der Waals surface area contributed by atoms with E-state index in [1.165, 1.54) is 5.56 Å². The SMILES string of the molecule is CCc1ccc(CN[C@@H](C)c2cccc(OC)c2)o1. The van der Waals surface area contributed by atoms with Gasteiger partial charge in [0.05, 0.1) is 13.7 Å². The van der Waals surface area contributed by atoms with Crippen LogP contribution in [0, 0.1) is 0 Å². The molecule has 0 fully saturated rings. The molecule has 3 heteroatoms. The van der Waals surface area contributed by atoms with Gasteiger partial charge in [0.15, 0.2) is 0 Å². The zero-order chi connectivity index (χ0) is 13.7. The van der Waals surface area contributed by atoms with Gasteiger partial charge in [-0.15, -0.1) is 0 Å². The molecule has 2 aromatic rings. The first-order chi connectivity index (χ1) is 9.22. The van der Waals surface area contributed by atoms with Crippen LogP contribution in [0.25, 0.3) is 0 Å². The summed E-state index contributed by atoms with van der Waals surface area (Å²) in [7, 11) is 1.69. The second-order valence-electron chi connectivity index (χ2n) is 4.60. The summed E-state index contributed by atoms with van der Waals surface area (Å²) >= 11 is 0. The summed E-state index contributed by atoms with van der Waals surface area (Å²) in [4.78, 5) is 0. The highest BCUT2D eigenvalue weighted by Gasteiger charge is 2.07. The summed E-state index contributed by atoms with van der Waals surface area (Å²) in [6.07, 6.45) is 0.936. The van der Waals surface area contributed by atoms with Crippen molar-refractivity contribution in [3.63, 3.8) is 0 Å². The summed E-state index contributed by atoms with van der Waals surface area (Å²) in [6.45, 7) is 4.96. The molecule has 0 spiro atoms. The minimum atomic E-state index is 0.255. The lowest BCUT2D eigenvalue weighted by atomic mass is 10.1. The Kier molecular flexibility index (Phi) is 4.63. The zero-order valence-corrected chi connectivity index (χ0v) is 11.8. The molecule has 2 rings (SSSR count). The molecule has 0 unspecified atom stereocenters. The lowest BCUT2D eigenvalue weighted by Gasteiger charge is -2.14. The van der Waals surface area contributed by atoms with E-state index >= 15 is 0 Å². The summed E-state index contributed by atoms with van der Waals surface area (Å²) in [5.41, 5.74) is 1.21. The van der Waals surface area contributed by atoms with Crippen LogP contribution in [0.1, 0.15) is 37.0 Å². The predicted octanol–water partition coefficient (Wildman–Crippen LogP) is 3.70. The third kappa shape index (κ3) is 3.61. The number of furan rings is 1. The number of ether oxygens (including phenoxy) is 1. The Morgan fingerprint density at radius 1 is 1.21 bits per heavy atom. The first kappa shape index (κ1) is 13.7. The minimum Gasteiger partial charge on any atom is -0.497 e. The molecule has 3 nitrogen and oxygen atoms in total. The van der Waals surface area contributed by atoms with Crippen LogP contribution in [0.2, 0.25) is 0 Å². The highest BCUT2D eigenvalue weighted by Crippen LogP contribution is 2.19. The summed E-state index contributed by atoms with van der Waals surface area (Å²) < 4.78 is 10.9. The van der Waals surface area contributed by atoms with Crippen molar-refractivity contribution < 1.29 is 9.15 Å². The number of nitrogens with one attached hydrogen (secondary N) is 1. The van der Waals surface area contributed by atoms with E-state index in [1.54, 1.807) is 7.11 Å². The van der Waals surface area contributed by atoms with Crippen LogP contribution in [0.4, 0.5) is 0 Å². The van der Waals surface area contributed by atoms with E-state index < -0.39 is 0 Å². The van der Waals surface area contributed by atoms with Crippen molar-refractivity contribution in [2.75, 3.05) is 7.11 Å². The van der Waals surface area contributed by atoms with Gasteiger partial charge in [-0.05, 0) is 36.8 Å². The molecule has 102 valence electrons. The summed E-state index contributed by atoms with van der Waals surface area (Å²) in [5.74, 6) is 2.90. The molecule has 0 aliphatic heterocycles. The molecule has 0 aliphatic rings. The summed E-state index contributed by atoms with van der Waals surface area (Å²) in [5, 5.41) is 3.45. The zero-order valence-electron chi connectivity index (χ0n) is 11.8. The standard InChI is InChI=1S/C16H21NO2/c1-4-14-8-9-16(19-14)11-17-12(2)13-6-5-7-15(10-13)18-3/h5-10,12,17H,4,11H2,1-3H3/t12-/m0/s1. The van der Waals surface area contributed by atoms with E-state index in [1.807, 2.05) is 24.3 Å². The average molecular weight is 259 g/mol. The predicted molar refractivity (Wildman–Crippen MR) is 76.3 cm³/mol. The maximum Gasteiger partial charge on any atom is 0.119 e. The largest absolute Gasteiger partial charge is 0.497 e. The van der Waals surface area contributed by atoms with Gasteiger partial charge in [0.1, 0.15) is 17.3 Å². The molecule has 1 N–H and O–H groups in total. The molecule has 19 heavy (non-hydrogen) atoms. The maximum atomic E-state index is 5.68. The third-order valence-corrected chi connectivity index (χ3v) is 3.24. The Hall–Kier alpha value is -1.74. The second kappa shape index (κ2) is 6.43. The Morgan fingerprint density at radius 3 is 2.68 bits per heavy atom. The first-order valence-electron chi connectivity index (χ1n) is 6.68. The van der Waals surface area contributed by atoms with Crippen molar-refractivity contribution in [3.8, 4) is 5.75 Å². The van der Waals surface area contributed by atoms with Crippen LogP contribution in [-0.2, 0) is 13.0 Å². The highest BCUT2D eigenvalue weighted by molar-refractivity contribution is 5.30. The van der Waals surface area contributed by atoms with Crippen molar-refractivity contribution in [2.24, 2.45) is 0 Å². The van der Waals surface area contributed by atoms with Gasteiger partial charge in [-0.25, -0.2) is 0 Å². The Labute approximate surface area is 114 Å². The van der Waals surface area contributed by atoms with Gasteiger partial charge in [-0.2, -0.15) is 0 Å². The lowest BCUT2D eigenvalue weighted by Crippen LogP contribution is -2.17. The molecule has 1 aromatic heterocycles. The topological polar surface area (TPSA) is 34.4 Å². The van der Waals surface area contributed by atoms with E-state index in [-0.39, 0.29) is 6.04 Å². The van der Waals surface area contributed by atoms with E-state index in [0.29, 0.717) is 0 Å². The van der Waals surface area contributed by atoms with Gasteiger partial charge in [0, 0.05) is 12.5 Å². The van der Waals surface area contributed by atoms with Crippen molar-refractivity contribution in [1.82, 2.24) is 5.32 Å². The molecule has 0 radical (unpaired) electrons. The molecule has 1 aromatic carbocycles. The van der Waals surface area contributed by atoms with Crippen LogP contribution in [-0.4, -0.2) is 7.11 Å². The average Bonchev–Trinajstić information content (AvgIpc) is 2.93. The van der Waals surface area contributed by atoms with Gasteiger partial charge in [-0.1, -0.05) is 19.1 Å². The van der Waals surface area contributed by atoms with E-state index in [2.05, 4.69) is 31.3 Å². The van der Waals surface area contributed by atoms with Crippen LogP contribution >= 0.6 is 0 Å². The molecule has 0 saturated carbocycles. The van der Waals surface area contributed by atoms with Crippen LogP contribution < -0.4 is 10.1 Å². The highest BCUT2D eigenvalue weighted by atomic mass is 16.5. The smallest absolute Gasteiger partial charge is 0.119 e. The van der Waals surface area contributed by atoms with Crippen LogP contribution in [0.15, 0.2) is 40.8 Å². The fourth-order valence-electron chi connectivity index (χ4n) is 1.99. The Bertz CT molecular complexity index is 519. The summed E-state index contributed by atoms with van der Waals surface area (Å²) in [6, 6.07) is 12.4. The molecule has 1 atom stereocenters. The van der Waals surface area contributed by atoms with Gasteiger partial charge in [0.2, 0.25) is 0 Å². The molecule has 0 aliphatic carbocycles. The molecule has 1 heterocycles.